The number of amides is 1. The molecule has 2 bridgehead atoms. The Bertz CT molecular complexity index is 1330. The average molecular weight is 512 g/mol. The van der Waals surface area contributed by atoms with E-state index in [1.54, 1.807) is 42.5 Å². The number of halogens is 1. The summed E-state index contributed by atoms with van der Waals surface area (Å²) in [5.74, 6) is 0.633. The van der Waals surface area contributed by atoms with Crippen LogP contribution in [0.2, 0.25) is 5.02 Å². The Kier molecular flexibility index (Phi) is 6.44. The number of nitrogens with one attached hydrogen (secondary N) is 1. The van der Waals surface area contributed by atoms with Gasteiger partial charge in [0.15, 0.2) is 0 Å². The highest BCUT2D eigenvalue weighted by molar-refractivity contribution is 7.92. The highest BCUT2D eigenvalue weighted by atomic mass is 35.5. The molecule has 1 amide bonds. The summed E-state index contributed by atoms with van der Waals surface area (Å²) in [6, 6.07) is 21.3. The standard InChI is InChI=1S/C26H26ClN3O4S/c1-34-24-9-11-25(12-10-24)35(32,33)28-21-7-5-18(6-8-21)15-29-16-23-14-22(29)17-30(23)26(31)19-3-2-4-20(27)13-19/h2-13,22-23,28H,14-17H2,1H3/t22-,23-/m0/s1. The molecular weight excluding hydrogens is 486 g/mol. The molecule has 0 aliphatic carbocycles. The number of likely N-dealkylation sites (tertiary alicyclic amines) is 2. The predicted molar refractivity (Wildman–Crippen MR) is 135 cm³/mol. The van der Waals surface area contributed by atoms with Crippen molar-refractivity contribution in [2.45, 2.75) is 29.9 Å². The third-order valence-corrected chi connectivity index (χ3v) is 8.28. The van der Waals surface area contributed by atoms with Crippen molar-refractivity contribution < 1.29 is 17.9 Å². The van der Waals surface area contributed by atoms with Crippen LogP contribution >= 0.6 is 11.6 Å². The van der Waals surface area contributed by atoms with Crippen molar-refractivity contribution in [2.75, 3.05) is 24.9 Å². The second kappa shape index (κ2) is 9.53. The van der Waals surface area contributed by atoms with Crippen LogP contribution in [-0.4, -0.2) is 56.4 Å². The first-order chi connectivity index (χ1) is 16.8. The second-order valence-corrected chi connectivity index (χ2v) is 11.0. The van der Waals surface area contributed by atoms with Gasteiger partial charge in [-0.05, 0) is 66.6 Å². The fraction of sp³-hybridized carbons (Fsp3) is 0.269. The van der Waals surface area contributed by atoms with E-state index in [1.807, 2.05) is 23.1 Å². The van der Waals surface area contributed by atoms with Gasteiger partial charge in [-0.2, -0.15) is 0 Å². The van der Waals surface area contributed by atoms with Crippen molar-refractivity contribution in [3.05, 3.63) is 88.9 Å². The minimum Gasteiger partial charge on any atom is -0.497 e. The number of anilines is 1. The number of ether oxygens (including phenoxy) is 1. The lowest BCUT2D eigenvalue weighted by molar-refractivity contribution is 0.0616. The van der Waals surface area contributed by atoms with Gasteiger partial charge in [0, 0.05) is 48.0 Å². The SMILES string of the molecule is COc1ccc(S(=O)(=O)Nc2ccc(CN3C[C@@H]4C[C@H]3CN4C(=O)c3cccc(Cl)c3)cc2)cc1. The molecule has 2 aliphatic heterocycles. The van der Waals surface area contributed by atoms with Crippen LogP contribution in [0.15, 0.2) is 77.7 Å². The number of sulfonamides is 1. The molecule has 3 aromatic rings. The minimum absolute atomic E-state index is 0.0353. The largest absolute Gasteiger partial charge is 0.497 e. The number of nitrogens with zero attached hydrogens (tertiary/aromatic N) is 2. The molecule has 7 nitrogen and oxygen atoms in total. The molecule has 2 atom stereocenters. The molecule has 3 aromatic carbocycles. The Labute approximate surface area is 210 Å². The number of benzene rings is 3. The summed E-state index contributed by atoms with van der Waals surface area (Å²) in [6.45, 7) is 2.28. The summed E-state index contributed by atoms with van der Waals surface area (Å²) in [7, 11) is -2.15. The van der Waals surface area contributed by atoms with Gasteiger partial charge in [-0.3, -0.25) is 14.4 Å². The fourth-order valence-corrected chi connectivity index (χ4v) is 6.11. The summed E-state index contributed by atoms with van der Waals surface area (Å²) in [6.07, 6.45) is 0.964. The maximum Gasteiger partial charge on any atom is 0.261 e. The Morgan fingerprint density at radius 2 is 1.77 bits per heavy atom. The van der Waals surface area contributed by atoms with E-state index < -0.39 is 10.0 Å². The second-order valence-electron chi connectivity index (χ2n) is 8.92. The van der Waals surface area contributed by atoms with Crippen molar-refractivity contribution in [3.63, 3.8) is 0 Å². The molecular formula is C26H26ClN3O4S. The van der Waals surface area contributed by atoms with Crippen LogP contribution in [0.25, 0.3) is 0 Å². The summed E-state index contributed by atoms with van der Waals surface area (Å²) < 4.78 is 33.0. The minimum atomic E-state index is -3.68. The summed E-state index contributed by atoms with van der Waals surface area (Å²) >= 11 is 6.06. The lowest BCUT2D eigenvalue weighted by Crippen LogP contribution is -2.48. The van der Waals surface area contributed by atoms with Crippen molar-refractivity contribution >= 4 is 33.2 Å². The van der Waals surface area contributed by atoms with E-state index in [-0.39, 0.29) is 16.8 Å². The zero-order valence-electron chi connectivity index (χ0n) is 19.2. The van der Waals surface area contributed by atoms with Crippen molar-refractivity contribution in [3.8, 4) is 5.75 Å². The average Bonchev–Trinajstić information content (AvgIpc) is 3.45. The van der Waals surface area contributed by atoms with Crippen molar-refractivity contribution in [1.29, 1.82) is 0 Å². The van der Waals surface area contributed by atoms with Crippen LogP contribution in [0.3, 0.4) is 0 Å². The first-order valence-corrected chi connectivity index (χ1v) is 13.2. The first kappa shape index (κ1) is 23.7. The third-order valence-electron chi connectivity index (χ3n) is 6.65. The molecule has 0 radical (unpaired) electrons. The summed E-state index contributed by atoms with van der Waals surface area (Å²) in [5, 5.41) is 0.566. The van der Waals surface area contributed by atoms with E-state index in [2.05, 4.69) is 9.62 Å². The molecule has 182 valence electrons. The Balaban J connectivity index is 1.18. The number of piperazine rings is 1. The maximum atomic E-state index is 12.9. The summed E-state index contributed by atoms with van der Waals surface area (Å²) in [5.41, 5.74) is 2.23. The van der Waals surface area contributed by atoms with Gasteiger partial charge in [0.25, 0.3) is 15.9 Å². The van der Waals surface area contributed by atoms with Gasteiger partial charge in [-0.1, -0.05) is 29.8 Å². The topological polar surface area (TPSA) is 79.0 Å². The van der Waals surface area contributed by atoms with Crippen LogP contribution in [0, 0.1) is 0 Å². The summed E-state index contributed by atoms with van der Waals surface area (Å²) in [4.78, 5) is 17.5. The number of rotatable bonds is 7. The lowest BCUT2D eigenvalue weighted by Gasteiger charge is -2.34. The number of carbonyl (C=O) groups excluding carboxylic acids is 1. The molecule has 0 spiro atoms. The van der Waals surface area contributed by atoms with Crippen LogP contribution in [0.4, 0.5) is 5.69 Å². The predicted octanol–water partition coefficient (Wildman–Crippen LogP) is 4.25. The van der Waals surface area contributed by atoms with E-state index in [4.69, 9.17) is 16.3 Å². The molecule has 2 saturated heterocycles. The van der Waals surface area contributed by atoms with E-state index in [0.29, 0.717) is 34.6 Å². The van der Waals surface area contributed by atoms with Crippen LogP contribution in [0.5, 0.6) is 5.75 Å². The number of methoxy groups -OCH3 is 1. The van der Waals surface area contributed by atoms with Gasteiger partial charge >= 0.3 is 0 Å². The molecule has 0 aromatic heterocycles. The molecule has 1 N–H and O–H groups in total. The highest BCUT2D eigenvalue weighted by Gasteiger charge is 2.45. The van der Waals surface area contributed by atoms with Gasteiger partial charge in [0.2, 0.25) is 0 Å². The molecule has 0 unspecified atom stereocenters. The molecule has 9 heteroatoms. The maximum absolute atomic E-state index is 12.9. The van der Waals surface area contributed by atoms with E-state index in [1.165, 1.54) is 19.2 Å². The van der Waals surface area contributed by atoms with E-state index in [0.717, 1.165) is 25.1 Å². The highest BCUT2D eigenvalue weighted by Crippen LogP contribution is 2.33. The van der Waals surface area contributed by atoms with Crippen molar-refractivity contribution in [2.24, 2.45) is 0 Å². The van der Waals surface area contributed by atoms with Crippen LogP contribution < -0.4 is 9.46 Å². The molecule has 5 rings (SSSR count). The van der Waals surface area contributed by atoms with Gasteiger partial charge in [-0.25, -0.2) is 8.42 Å². The van der Waals surface area contributed by atoms with Gasteiger partial charge < -0.3 is 9.64 Å². The van der Waals surface area contributed by atoms with Gasteiger partial charge in [-0.15, -0.1) is 0 Å². The number of hydrogen-bond donors (Lipinski definition) is 1. The van der Waals surface area contributed by atoms with E-state index in [9.17, 15) is 13.2 Å². The zero-order valence-corrected chi connectivity index (χ0v) is 20.8. The van der Waals surface area contributed by atoms with E-state index >= 15 is 0 Å². The molecule has 0 saturated carbocycles. The first-order valence-electron chi connectivity index (χ1n) is 11.4. The van der Waals surface area contributed by atoms with Gasteiger partial charge in [0.1, 0.15) is 5.75 Å². The monoisotopic (exact) mass is 511 g/mol. The smallest absolute Gasteiger partial charge is 0.261 e. The molecule has 35 heavy (non-hydrogen) atoms. The third kappa shape index (κ3) is 5.00. The lowest BCUT2D eigenvalue weighted by atomic mass is 10.1. The zero-order chi connectivity index (χ0) is 24.6. The van der Waals surface area contributed by atoms with Crippen LogP contribution in [0.1, 0.15) is 22.3 Å². The normalized spacial score (nSPS) is 19.7. The van der Waals surface area contributed by atoms with Gasteiger partial charge in [0.05, 0.1) is 12.0 Å². The van der Waals surface area contributed by atoms with Crippen LogP contribution in [-0.2, 0) is 16.6 Å². The molecule has 2 heterocycles. The molecule has 2 fully saturated rings. The Morgan fingerprint density at radius 1 is 1.03 bits per heavy atom. The number of fused-ring (bicyclic) bond motifs is 2. The Hall–Kier alpha value is -3.07. The Morgan fingerprint density at radius 3 is 2.40 bits per heavy atom. The number of carbonyl (C=O) groups is 1. The number of hydrogen-bond acceptors (Lipinski definition) is 5. The van der Waals surface area contributed by atoms with Crippen molar-refractivity contribution in [1.82, 2.24) is 9.80 Å². The quantitative estimate of drug-likeness (QED) is 0.513. The molecule has 2 aliphatic rings. The fourth-order valence-electron chi connectivity index (χ4n) is 4.86.